The van der Waals surface area contributed by atoms with Crippen LogP contribution in [0, 0.1) is 21.8 Å². The molecule has 9 nitrogen and oxygen atoms in total. The van der Waals surface area contributed by atoms with Gasteiger partial charge in [0.15, 0.2) is 0 Å². The molecule has 3 aromatic rings. The second-order valence-electron chi connectivity index (χ2n) is 8.64. The van der Waals surface area contributed by atoms with E-state index in [4.69, 9.17) is 4.74 Å². The molecule has 1 saturated heterocycles. The van der Waals surface area contributed by atoms with Crippen molar-refractivity contribution in [2.75, 3.05) is 43.4 Å². The molecular weight excluding hydrogens is 455 g/mol. The fourth-order valence-electron chi connectivity index (χ4n) is 4.20. The molecule has 0 atom stereocenters. The van der Waals surface area contributed by atoms with Crippen molar-refractivity contribution >= 4 is 22.7 Å². The summed E-state index contributed by atoms with van der Waals surface area (Å²) in [5, 5.41) is 16.7. The first-order valence-electron chi connectivity index (χ1n) is 11.6. The van der Waals surface area contributed by atoms with Crippen LogP contribution in [0.4, 0.5) is 27.1 Å². The molecule has 0 bridgehead atoms. The Kier molecular flexibility index (Phi) is 7.71. The Morgan fingerprint density at radius 1 is 1.00 bits per heavy atom. The van der Waals surface area contributed by atoms with E-state index in [-0.39, 0.29) is 22.9 Å². The lowest BCUT2D eigenvalue weighted by Crippen LogP contribution is -2.40. The van der Waals surface area contributed by atoms with Crippen LogP contribution in [0.25, 0.3) is 0 Å². The molecule has 4 rings (SSSR count). The van der Waals surface area contributed by atoms with Crippen molar-refractivity contribution in [1.82, 2.24) is 4.90 Å². The number of rotatable bonds is 11. The summed E-state index contributed by atoms with van der Waals surface area (Å²) in [6.07, 6.45) is 3.06. The van der Waals surface area contributed by atoms with Gasteiger partial charge in [-0.15, -0.1) is 0 Å². The van der Waals surface area contributed by atoms with Crippen LogP contribution >= 0.6 is 0 Å². The Labute approximate surface area is 201 Å². The average molecular weight is 483 g/mol. The highest BCUT2D eigenvalue weighted by Gasteiger charge is 2.22. The minimum absolute atomic E-state index is 0.0527. The van der Waals surface area contributed by atoms with Crippen LogP contribution in [0.5, 0.6) is 5.75 Å². The van der Waals surface area contributed by atoms with Crippen LogP contribution in [0.1, 0.15) is 19.3 Å². The van der Waals surface area contributed by atoms with Crippen molar-refractivity contribution in [2.45, 2.75) is 19.3 Å². The monoisotopic (exact) mass is 482 g/mol. The molecular formula is C25H27FN4O5. The molecule has 1 fully saturated rings. The topological polar surface area (TPSA) is 114 Å². The van der Waals surface area contributed by atoms with E-state index in [1.807, 2.05) is 0 Å². The van der Waals surface area contributed by atoms with Gasteiger partial charge in [-0.1, -0.05) is 0 Å². The van der Waals surface area contributed by atoms with Crippen molar-refractivity contribution in [3.8, 4) is 5.75 Å². The third-order valence-electron chi connectivity index (χ3n) is 6.30. The second-order valence-corrected chi connectivity index (χ2v) is 8.64. The first-order chi connectivity index (χ1) is 16.9. The maximum atomic E-state index is 13.0. The van der Waals surface area contributed by atoms with Crippen molar-refractivity contribution in [2.24, 2.45) is 5.92 Å². The average Bonchev–Trinajstić information content (AvgIpc) is 2.87. The van der Waals surface area contributed by atoms with E-state index in [2.05, 4.69) is 15.5 Å². The van der Waals surface area contributed by atoms with Crippen molar-refractivity contribution in [3.05, 3.63) is 84.9 Å². The molecule has 1 aliphatic rings. The smallest absolute Gasteiger partial charge is 0.269 e. The number of benzene rings is 2. The van der Waals surface area contributed by atoms with Gasteiger partial charge in [0.05, 0.1) is 11.5 Å². The fourth-order valence-corrected chi connectivity index (χ4v) is 4.20. The van der Waals surface area contributed by atoms with Gasteiger partial charge >= 0.3 is 0 Å². The highest BCUT2D eigenvalue weighted by molar-refractivity contribution is 5.78. The normalized spacial score (nSPS) is 14.7. The Morgan fingerprint density at radius 2 is 1.66 bits per heavy atom. The number of likely N-dealkylation sites (tertiary alicyclic amines) is 1. The lowest BCUT2D eigenvalue weighted by molar-refractivity contribution is -0.384. The molecule has 0 spiro atoms. The Morgan fingerprint density at radius 3 is 2.31 bits per heavy atom. The number of nitro groups is 1. The summed E-state index contributed by atoms with van der Waals surface area (Å²) >= 11 is 0. The summed E-state index contributed by atoms with van der Waals surface area (Å²) in [6, 6.07) is 11.7. The summed E-state index contributed by atoms with van der Waals surface area (Å²) in [7, 11) is 0. The second kappa shape index (κ2) is 11.1. The largest absolute Gasteiger partial charge is 0.494 e. The minimum atomic E-state index is -0.602. The molecule has 35 heavy (non-hydrogen) atoms. The van der Waals surface area contributed by atoms with E-state index >= 15 is 0 Å². The molecule has 3 aromatic carbocycles. The number of nitrogens with zero attached hydrogens (tertiary/aromatic N) is 2. The van der Waals surface area contributed by atoms with E-state index in [1.165, 1.54) is 36.4 Å². The van der Waals surface area contributed by atoms with Gasteiger partial charge in [0.2, 0.25) is 0 Å². The predicted molar refractivity (Wildman–Crippen MR) is 132 cm³/mol. The molecule has 1 aliphatic heterocycles. The molecule has 0 amide bonds. The summed E-state index contributed by atoms with van der Waals surface area (Å²) < 4.78 is 18.6. The minimum Gasteiger partial charge on any atom is -0.494 e. The van der Waals surface area contributed by atoms with E-state index in [0.29, 0.717) is 30.5 Å². The highest BCUT2D eigenvalue weighted by atomic mass is 19.1. The third kappa shape index (κ3) is 6.21. The molecule has 184 valence electrons. The lowest BCUT2D eigenvalue weighted by atomic mass is 9.94. The molecule has 0 aromatic heterocycles. The highest BCUT2D eigenvalue weighted by Crippen LogP contribution is 2.24. The number of halogens is 1. The number of hydrogen-bond acceptors (Lipinski definition) is 8. The first kappa shape index (κ1) is 24.3. The summed E-state index contributed by atoms with van der Waals surface area (Å²) in [5.41, 5.74) is -0.284. The summed E-state index contributed by atoms with van der Waals surface area (Å²) in [6.45, 7) is 3.77. The van der Waals surface area contributed by atoms with E-state index in [1.54, 1.807) is 12.1 Å². The number of nitro benzene ring substituents is 1. The van der Waals surface area contributed by atoms with Crippen LogP contribution in [0.15, 0.2) is 58.1 Å². The van der Waals surface area contributed by atoms with Gasteiger partial charge in [0.25, 0.3) is 16.5 Å². The van der Waals surface area contributed by atoms with Gasteiger partial charge in [-0.25, -0.2) is 4.39 Å². The predicted octanol–water partition coefficient (Wildman–Crippen LogP) is 3.67. The van der Waals surface area contributed by atoms with Gasteiger partial charge in [-0.3, -0.25) is 19.7 Å². The molecule has 0 aliphatic carbocycles. The molecule has 0 radical (unpaired) electrons. The lowest BCUT2D eigenvalue weighted by Gasteiger charge is -2.32. The molecule has 10 heteroatoms. The van der Waals surface area contributed by atoms with Crippen LogP contribution in [0.2, 0.25) is 0 Å². The number of non-ortho nitro benzene ring substituents is 1. The number of piperidine rings is 1. The number of anilines is 3. The Balaban J connectivity index is 1.17. The Bertz CT molecular complexity index is 1210. The van der Waals surface area contributed by atoms with E-state index in [9.17, 15) is 24.1 Å². The van der Waals surface area contributed by atoms with Gasteiger partial charge < -0.3 is 20.3 Å². The van der Waals surface area contributed by atoms with Crippen LogP contribution in [-0.4, -0.2) is 42.6 Å². The number of ether oxygens (including phenoxy) is 1. The number of nitrogens with one attached hydrogen (secondary N) is 2. The molecule has 0 saturated carbocycles. The summed E-state index contributed by atoms with van der Waals surface area (Å²) in [4.78, 5) is 36.6. The van der Waals surface area contributed by atoms with E-state index < -0.39 is 15.8 Å². The molecule has 2 N–H and O–H groups in total. The van der Waals surface area contributed by atoms with Gasteiger partial charge in [-0.2, -0.15) is 0 Å². The first-order valence-corrected chi connectivity index (χ1v) is 11.6. The van der Waals surface area contributed by atoms with Crippen molar-refractivity contribution in [1.29, 1.82) is 0 Å². The van der Waals surface area contributed by atoms with Crippen molar-refractivity contribution < 1.29 is 14.1 Å². The quantitative estimate of drug-likeness (QED) is 0.242. The van der Waals surface area contributed by atoms with Crippen LogP contribution < -0.4 is 26.2 Å². The standard InChI is InChI=1S/C25H27FN4O5/c26-18-1-7-21(8-2-18)35-16-11-17-9-13-29(14-10-17)15-12-27-22-23(25(32)24(22)31)28-19-3-5-20(6-4-19)30(33)34/h1-8,17,27-28H,9-16H2. The van der Waals surface area contributed by atoms with E-state index in [0.717, 1.165) is 38.9 Å². The zero-order valence-electron chi connectivity index (χ0n) is 19.2. The summed E-state index contributed by atoms with van der Waals surface area (Å²) in [5.74, 6) is 0.974. The maximum absolute atomic E-state index is 13.0. The number of hydrogen-bond donors (Lipinski definition) is 2. The Hall–Kier alpha value is -3.79. The van der Waals surface area contributed by atoms with Crippen LogP contribution in [0.3, 0.4) is 0 Å². The maximum Gasteiger partial charge on any atom is 0.269 e. The van der Waals surface area contributed by atoms with Gasteiger partial charge in [-0.05, 0) is 74.7 Å². The third-order valence-corrected chi connectivity index (χ3v) is 6.30. The van der Waals surface area contributed by atoms with Crippen LogP contribution in [-0.2, 0) is 0 Å². The zero-order chi connectivity index (χ0) is 24.8. The molecule has 0 unspecified atom stereocenters. The van der Waals surface area contributed by atoms with Gasteiger partial charge in [0.1, 0.15) is 22.9 Å². The SMILES string of the molecule is O=c1c(NCCN2CCC(CCOc3ccc(F)cc3)CC2)c(Nc2ccc([N+](=O)[O-])cc2)c1=O. The molecule has 1 heterocycles. The fraction of sp³-hybridized carbons (Fsp3) is 0.360. The van der Waals surface area contributed by atoms with Crippen molar-refractivity contribution in [3.63, 3.8) is 0 Å². The van der Waals surface area contributed by atoms with Gasteiger partial charge in [0, 0.05) is 30.9 Å². The zero-order valence-corrected chi connectivity index (χ0v) is 19.2.